The van der Waals surface area contributed by atoms with Crippen molar-refractivity contribution in [2.24, 2.45) is 0 Å². The van der Waals surface area contributed by atoms with E-state index in [2.05, 4.69) is 152 Å². The minimum absolute atomic E-state index is 0.562. The van der Waals surface area contributed by atoms with Gasteiger partial charge in [-0.1, -0.05) is 66.7 Å². The quantitative estimate of drug-likeness (QED) is 0.131. The minimum atomic E-state index is 0.562. The van der Waals surface area contributed by atoms with Crippen molar-refractivity contribution in [3.05, 3.63) is 102 Å². The minimum Gasteiger partial charge on any atom is -0.313 e. The lowest BCUT2D eigenvalue weighted by Crippen LogP contribution is -2.28. The van der Waals surface area contributed by atoms with Crippen LogP contribution in [0.1, 0.15) is 37.8 Å². The first-order chi connectivity index (χ1) is 21.8. The fourth-order valence-corrected chi connectivity index (χ4v) is 5.32. The maximum atomic E-state index is 5.14. The molecule has 0 amide bonds. The molecule has 2 N–H and O–H groups in total. The molecule has 7 heteroatoms. The summed E-state index contributed by atoms with van der Waals surface area (Å²) in [5.74, 6) is 0.730. The van der Waals surface area contributed by atoms with Gasteiger partial charge in [0.1, 0.15) is 5.65 Å². The molecule has 7 nitrogen and oxygen atoms in total. The van der Waals surface area contributed by atoms with Gasteiger partial charge < -0.3 is 25.0 Å². The van der Waals surface area contributed by atoms with Gasteiger partial charge in [0.25, 0.3) is 0 Å². The number of hydrogen-bond donors (Lipinski definition) is 2. The molecule has 0 aliphatic heterocycles. The molecule has 0 bridgehead atoms. The van der Waals surface area contributed by atoms with Crippen LogP contribution >= 0.6 is 0 Å². The SMILES string of the molecule is CC(CCNCc1ccc(-c2nc(-c3ccccc3)c3ccn(-c4ccc(CNCCC(C)N(C)C)cc4)c3n2)cc1)N(C)C. The van der Waals surface area contributed by atoms with E-state index in [9.17, 15) is 0 Å². The van der Waals surface area contributed by atoms with Gasteiger partial charge in [-0.25, -0.2) is 9.97 Å². The van der Waals surface area contributed by atoms with E-state index in [0.29, 0.717) is 12.1 Å². The van der Waals surface area contributed by atoms with Crippen molar-refractivity contribution in [1.29, 1.82) is 0 Å². The Bertz CT molecular complexity index is 1620. The van der Waals surface area contributed by atoms with Crippen LogP contribution in [0, 0.1) is 0 Å². The largest absolute Gasteiger partial charge is 0.313 e. The third kappa shape index (κ3) is 8.44. The third-order valence-electron chi connectivity index (χ3n) is 8.92. The van der Waals surface area contributed by atoms with E-state index in [1.165, 1.54) is 11.1 Å². The van der Waals surface area contributed by atoms with Crippen molar-refractivity contribution >= 4 is 11.0 Å². The summed E-state index contributed by atoms with van der Waals surface area (Å²) in [4.78, 5) is 14.8. The van der Waals surface area contributed by atoms with E-state index < -0.39 is 0 Å². The topological polar surface area (TPSA) is 61.3 Å². The lowest BCUT2D eigenvalue weighted by atomic mass is 10.1. The zero-order chi connectivity index (χ0) is 31.8. The summed E-state index contributed by atoms with van der Waals surface area (Å²) in [6, 6.07) is 31.1. The highest BCUT2D eigenvalue weighted by Crippen LogP contribution is 2.31. The Hall–Kier alpha value is -3.88. The molecule has 0 saturated carbocycles. The van der Waals surface area contributed by atoms with Gasteiger partial charge in [-0.15, -0.1) is 0 Å². The molecule has 2 heterocycles. The molecule has 0 aliphatic rings. The summed E-state index contributed by atoms with van der Waals surface area (Å²) in [5.41, 5.74) is 7.56. The molecule has 3 aromatic carbocycles. The molecule has 236 valence electrons. The number of benzene rings is 3. The molecule has 2 atom stereocenters. The molecular weight excluding hydrogens is 554 g/mol. The smallest absolute Gasteiger partial charge is 0.162 e. The van der Waals surface area contributed by atoms with Gasteiger partial charge in [0, 0.05) is 53.6 Å². The van der Waals surface area contributed by atoms with Crippen molar-refractivity contribution in [2.75, 3.05) is 41.3 Å². The average molecular weight is 604 g/mol. The molecule has 5 aromatic rings. The Morgan fingerprint density at radius 3 is 1.76 bits per heavy atom. The van der Waals surface area contributed by atoms with Crippen LogP contribution in [0.25, 0.3) is 39.4 Å². The molecule has 0 radical (unpaired) electrons. The fraction of sp³-hybridized carbons (Fsp3) is 0.368. The molecule has 45 heavy (non-hydrogen) atoms. The van der Waals surface area contributed by atoms with Gasteiger partial charge >= 0.3 is 0 Å². The Balaban J connectivity index is 1.36. The summed E-state index contributed by atoms with van der Waals surface area (Å²) in [6.45, 7) is 8.22. The van der Waals surface area contributed by atoms with Crippen LogP contribution in [0.5, 0.6) is 0 Å². The van der Waals surface area contributed by atoms with E-state index in [1.54, 1.807) is 0 Å². The van der Waals surface area contributed by atoms with E-state index >= 15 is 0 Å². The molecule has 2 unspecified atom stereocenters. The molecule has 5 rings (SSSR count). The van der Waals surface area contributed by atoms with E-state index in [1.807, 2.05) is 6.07 Å². The molecule has 0 saturated heterocycles. The average Bonchev–Trinajstić information content (AvgIpc) is 3.49. The fourth-order valence-electron chi connectivity index (χ4n) is 5.32. The van der Waals surface area contributed by atoms with Crippen LogP contribution in [0.15, 0.2) is 91.1 Å². The van der Waals surface area contributed by atoms with Gasteiger partial charge in [-0.3, -0.25) is 0 Å². The number of fused-ring (bicyclic) bond motifs is 1. The molecule has 2 aromatic heterocycles. The highest BCUT2D eigenvalue weighted by molar-refractivity contribution is 5.93. The van der Waals surface area contributed by atoms with Crippen molar-refractivity contribution in [3.63, 3.8) is 0 Å². The van der Waals surface area contributed by atoms with E-state index in [4.69, 9.17) is 9.97 Å². The number of rotatable bonds is 15. The molecule has 0 aliphatic carbocycles. The maximum Gasteiger partial charge on any atom is 0.162 e. The van der Waals surface area contributed by atoms with Crippen molar-refractivity contribution in [1.82, 2.24) is 35.0 Å². The summed E-state index contributed by atoms with van der Waals surface area (Å²) in [7, 11) is 8.53. The second-order valence-electron chi connectivity index (χ2n) is 12.6. The standard InChI is InChI=1S/C38H49N7/c1-28(43(3)4)20-23-39-26-30-12-16-33(17-13-30)37-41-36(32-10-8-7-9-11-32)35-22-25-45(38(35)42-37)34-18-14-31(15-19-34)27-40-24-21-29(2)44(5)6/h7-19,22,25,28-29,39-40H,20-21,23-24,26-27H2,1-6H3. The van der Waals surface area contributed by atoms with Gasteiger partial charge in [0.2, 0.25) is 0 Å². The first kappa shape index (κ1) is 32.5. The van der Waals surface area contributed by atoms with Crippen molar-refractivity contribution < 1.29 is 0 Å². The third-order valence-corrected chi connectivity index (χ3v) is 8.92. The first-order valence-electron chi connectivity index (χ1n) is 16.2. The van der Waals surface area contributed by atoms with Crippen LogP contribution in [-0.2, 0) is 13.1 Å². The molecule has 0 spiro atoms. The van der Waals surface area contributed by atoms with Gasteiger partial charge in [0.05, 0.1) is 5.69 Å². The molecular formula is C38H49N7. The number of hydrogen-bond acceptors (Lipinski definition) is 6. The van der Waals surface area contributed by atoms with Crippen molar-refractivity contribution in [2.45, 2.75) is 51.9 Å². The van der Waals surface area contributed by atoms with Crippen LogP contribution in [0.4, 0.5) is 0 Å². The Labute approximate surface area is 269 Å². The predicted molar refractivity (Wildman–Crippen MR) is 189 cm³/mol. The predicted octanol–water partition coefficient (Wildman–Crippen LogP) is 6.61. The van der Waals surface area contributed by atoms with Crippen LogP contribution in [-0.4, -0.2) is 77.7 Å². The monoisotopic (exact) mass is 603 g/mol. The van der Waals surface area contributed by atoms with Crippen LogP contribution in [0.2, 0.25) is 0 Å². The highest BCUT2D eigenvalue weighted by Gasteiger charge is 2.16. The number of aromatic nitrogens is 3. The second kappa shape index (κ2) is 15.4. The van der Waals surface area contributed by atoms with Gasteiger partial charge in [0.15, 0.2) is 5.82 Å². The zero-order valence-corrected chi connectivity index (χ0v) is 27.8. The number of nitrogens with zero attached hydrogens (tertiary/aromatic N) is 5. The first-order valence-corrected chi connectivity index (χ1v) is 16.2. The summed E-state index contributed by atoms with van der Waals surface area (Å²) in [5, 5.41) is 8.21. The Morgan fingerprint density at radius 2 is 1.20 bits per heavy atom. The van der Waals surface area contributed by atoms with Crippen LogP contribution < -0.4 is 10.6 Å². The lowest BCUT2D eigenvalue weighted by molar-refractivity contribution is 0.295. The Kier molecular flexibility index (Phi) is 11.1. The zero-order valence-electron chi connectivity index (χ0n) is 27.8. The summed E-state index contributed by atoms with van der Waals surface area (Å²) >= 11 is 0. The van der Waals surface area contributed by atoms with Crippen molar-refractivity contribution in [3.8, 4) is 28.3 Å². The highest BCUT2D eigenvalue weighted by atomic mass is 15.1. The summed E-state index contributed by atoms with van der Waals surface area (Å²) in [6.07, 6.45) is 4.36. The normalized spacial score (nSPS) is 13.2. The van der Waals surface area contributed by atoms with Crippen LogP contribution in [0.3, 0.4) is 0 Å². The second-order valence-corrected chi connectivity index (χ2v) is 12.6. The maximum absolute atomic E-state index is 5.14. The van der Waals surface area contributed by atoms with E-state index in [-0.39, 0.29) is 0 Å². The van der Waals surface area contributed by atoms with Gasteiger partial charge in [-0.05, 0) is 97.3 Å². The van der Waals surface area contributed by atoms with Gasteiger partial charge in [-0.2, -0.15) is 0 Å². The van der Waals surface area contributed by atoms with E-state index in [0.717, 1.165) is 78.4 Å². The molecule has 0 fully saturated rings. The number of nitrogens with one attached hydrogen (secondary N) is 2. The summed E-state index contributed by atoms with van der Waals surface area (Å²) < 4.78 is 2.18. The lowest BCUT2D eigenvalue weighted by Gasteiger charge is -2.19. The Morgan fingerprint density at radius 1 is 0.644 bits per heavy atom.